The molecule has 2 N–H and O–H groups in total. The summed E-state index contributed by atoms with van der Waals surface area (Å²) in [6.45, 7) is 0.276. The number of rotatable bonds is 2. The second-order valence-electron chi connectivity index (χ2n) is 3.71. The minimum absolute atomic E-state index is 0.00529. The van der Waals surface area contributed by atoms with Crippen molar-refractivity contribution in [1.29, 1.82) is 0 Å². The van der Waals surface area contributed by atoms with Gasteiger partial charge in [0.2, 0.25) is 5.28 Å². The third-order valence-corrected chi connectivity index (χ3v) is 2.62. The predicted molar refractivity (Wildman–Crippen MR) is 62.3 cm³/mol. The van der Waals surface area contributed by atoms with Crippen LogP contribution in [0.1, 0.15) is 11.3 Å². The maximum atomic E-state index is 12.6. The average molecular weight is 276 g/mol. The first kappa shape index (κ1) is 13.0. The lowest BCUT2D eigenvalue weighted by Gasteiger charge is -2.09. The number of hydrogen-bond acceptors (Lipinski definition) is 3. The van der Waals surface area contributed by atoms with Crippen LogP contribution in [-0.2, 0) is 12.6 Å². The zero-order valence-corrected chi connectivity index (χ0v) is 9.89. The van der Waals surface area contributed by atoms with Gasteiger partial charge in [0, 0.05) is 11.8 Å². The van der Waals surface area contributed by atoms with E-state index in [0.29, 0.717) is 23.0 Å². The Balaban J connectivity index is 2.66. The quantitative estimate of drug-likeness (QED) is 0.858. The molecule has 96 valence electrons. The first-order valence-electron chi connectivity index (χ1n) is 5.15. The molecule has 0 spiro atoms. The fraction of sp³-hybridized carbons (Fsp3) is 0.273. The Hall–Kier alpha value is -1.40. The van der Waals surface area contributed by atoms with Gasteiger partial charge in [0.05, 0.1) is 16.8 Å². The molecule has 7 heteroatoms. The van der Waals surface area contributed by atoms with Crippen molar-refractivity contribution in [1.82, 2.24) is 9.97 Å². The molecule has 0 saturated heterocycles. The molecule has 1 heterocycles. The Kier molecular flexibility index (Phi) is 3.41. The van der Waals surface area contributed by atoms with E-state index >= 15 is 0 Å². The molecule has 2 rings (SSSR count). The van der Waals surface area contributed by atoms with Gasteiger partial charge in [0.25, 0.3) is 0 Å². The Labute approximate surface area is 106 Å². The van der Waals surface area contributed by atoms with Crippen LogP contribution in [0.4, 0.5) is 13.2 Å². The number of fused-ring (bicyclic) bond motifs is 1. The minimum Gasteiger partial charge on any atom is -0.330 e. The Morgan fingerprint density at radius 1 is 1.22 bits per heavy atom. The van der Waals surface area contributed by atoms with Gasteiger partial charge in [0.15, 0.2) is 0 Å². The molecule has 0 aliphatic rings. The lowest BCUT2D eigenvalue weighted by atomic mass is 10.1. The van der Waals surface area contributed by atoms with Gasteiger partial charge in [-0.05, 0) is 36.3 Å². The molecule has 2 aromatic rings. The molecule has 0 aliphatic heterocycles. The Morgan fingerprint density at radius 3 is 2.56 bits per heavy atom. The molecule has 18 heavy (non-hydrogen) atoms. The van der Waals surface area contributed by atoms with Crippen molar-refractivity contribution < 1.29 is 13.2 Å². The fourth-order valence-corrected chi connectivity index (χ4v) is 1.86. The number of benzene rings is 1. The van der Waals surface area contributed by atoms with Crippen molar-refractivity contribution in [3.8, 4) is 0 Å². The van der Waals surface area contributed by atoms with E-state index in [1.165, 1.54) is 6.07 Å². The standard InChI is InChI=1S/C11H9ClF3N3/c12-10-17-8-2-1-6(11(13,14)15)5-7(8)9(18-10)3-4-16/h1-2,5H,3-4,16H2. The average Bonchev–Trinajstić information content (AvgIpc) is 2.27. The van der Waals surface area contributed by atoms with Gasteiger partial charge < -0.3 is 5.73 Å². The molecule has 0 unspecified atom stereocenters. The Bertz CT molecular complexity index is 583. The van der Waals surface area contributed by atoms with Gasteiger partial charge in [-0.3, -0.25) is 0 Å². The van der Waals surface area contributed by atoms with E-state index in [1.807, 2.05) is 0 Å². The van der Waals surface area contributed by atoms with Crippen LogP contribution >= 0.6 is 11.6 Å². The number of halogens is 4. The molecule has 0 aliphatic carbocycles. The Morgan fingerprint density at radius 2 is 1.94 bits per heavy atom. The van der Waals surface area contributed by atoms with Crippen molar-refractivity contribution in [2.75, 3.05) is 6.54 Å². The van der Waals surface area contributed by atoms with Crippen LogP contribution < -0.4 is 5.73 Å². The van der Waals surface area contributed by atoms with E-state index in [0.717, 1.165) is 12.1 Å². The summed E-state index contributed by atoms with van der Waals surface area (Å²) >= 11 is 5.70. The van der Waals surface area contributed by atoms with E-state index < -0.39 is 11.7 Å². The second kappa shape index (κ2) is 4.70. The predicted octanol–water partition coefficient (Wildman–Crippen LogP) is 2.80. The van der Waals surface area contributed by atoms with E-state index in [1.54, 1.807) is 0 Å². The van der Waals surface area contributed by atoms with Crippen LogP contribution in [0.15, 0.2) is 18.2 Å². The lowest BCUT2D eigenvalue weighted by molar-refractivity contribution is -0.137. The summed E-state index contributed by atoms with van der Waals surface area (Å²) < 4.78 is 37.9. The SMILES string of the molecule is NCCc1nc(Cl)nc2ccc(C(F)(F)F)cc12. The van der Waals surface area contributed by atoms with Gasteiger partial charge in [-0.1, -0.05) is 0 Å². The van der Waals surface area contributed by atoms with Gasteiger partial charge in [-0.15, -0.1) is 0 Å². The number of aromatic nitrogens is 2. The molecule has 0 saturated carbocycles. The molecular weight excluding hydrogens is 267 g/mol. The van der Waals surface area contributed by atoms with E-state index in [2.05, 4.69) is 9.97 Å². The van der Waals surface area contributed by atoms with Gasteiger partial charge in [-0.25, -0.2) is 9.97 Å². The molecule has 0 amide bonds. The highest BCUT2D eigenvalue weighted by atomic mass is 35.5. The summed E-state index contributed by atoms with van der Waals surface area (Å²) in [5.74, 6) is 0. The molecular formula is C11H9ClF3N3. The van der Waals surface area contributed by atoms with E-state index in [-0.39, 0.29) is 11.8 Å². The van der Waals surface area contributed by atoms with E-state index in [4.69, 9.17) is 17.3 Å². The van der Waals surface area contributed by atoms with Crippen LogP contribution in [0.2, 0.25) is 5.28 Å². The molecule has 3 nitrogen and oxygen atoms in total. The van der Waals surface area contributed by atoms with Crippen LogP contribution in [0, 0.1) is 0 Å². The summed E-state index contributed by atoms with van der Waals surface area (Å²) in [5.41, 5.74) is 5.47. The first-order valence-corrected chi connectivity index (χ1v) is 5.53. The summed E-state index contributed by atoms with van der Waals surface area (Å²) in [5, 5.41) is 0.338. The van der Waals surface area contributed by atoms with Crippen LogP contribution in [0.3, 0.4) is 0 Å². The van der Waals surface area contributed by atoms with Gasteiger partial charge >= 0.3 is 6.18 Å². The number of alkyl halides is 3. The molecule has 0 fully saturated rings. The highest BCUT2D eigenvalue weighted by Crippen LogP contribution is 2.32. The van der Waals surface area contributed by atoms with Crippen molar-refractivity contribution >= 4 is 22.5 Å². The smallest absolute Gasteiger partial charge is 0.330 e. The highest BCUT2D eigenvalue weighted by Gasteiger charge is 2.30. The van der Waals surface area contributed by atoms with Gasteiger partial charge in [0.1, 0.15) is 0 Å². The maximum Gasteiger partial charge on any atom is 0.416 e. The van der Waals surface area contributed by atoms with Crippen LogP contribution in [0.5, 0.6) is 0 Å². The topological polar surface area (TPSA) is 51.8 Å². The van der Waals surface area contributed by atoms with E-state index in [9.17, 15) is 13.2 Å². The highest BCUT2D eigenvalue weighted by molar-refractivity contribution is 6.28. The van der Waals surface area contributed by atoms with Crippen molar-refractivity contribution in [2.45, 2.75) is 12.6 Å². The van der Waals surface area contributed by atoms with Crippen molar-refractivity contribution in [3.63, 3.8) is 0 Å². The number of nitrogens with zero attached hydrogens (tertiary/aromatic N) is 2. The minimum atomic E-state index is -4.40. The molecule has 0 bridgehead atoms. The summed E-state index contributed by atoms with van der Waals surface area (Å²) in [6, 6.07) is 3.28. The zero-order chi connectivity index (χ0) is 13.3. The van der Waals surface area contributed by atoms with Crippen molar-refractivity contribution in [3.05, 3.63) is 34.7 Å². The van der Waals surface area contributed by atoms with Crippen molar-refractivity contribution in [2.24, 2.45) is 5.73 Å². The fourth-order valence-electron chi connectivity index (χ4n) is 1.66. The van der Waals surface area contributed by atoms with Crippen LogP contribution in [0.25, 0.3) is 10.9 Å². The lowest BCUT2D eigenvalue weighted by Crippen LogP contribution is -2.08. The summed E-state index contributed by atoms with van der Waals surface area (Å²) in [6.07, 6.45) is -4.05. The zero-order valence-electron chi connectivity index (χ0n) is 9.13. The maximum absolute atomic E-state index is 12.6. The number of hydrogen-bond donors (Lipinski definition) is 1. The molecule has 1 aromatic carbocycles. The number of nitrogens with two attached hydrogens (primary N) is 1. The van der Waals surface area contributed by atoms with Crippen LogP contribution in [-0.4, -0.2) is 16.5 Å². The molecule has 1 aromatic heterocycles. The summed E-state index contributed by atoms with van der Waals surface area (Å²) in [4.78, 5) is 7.81. The third-order valence-electron chi connectivity index (χ3n) is 2.46. The largest absolute Gasteiger partial charge is 0.416 e. The van der Waals surface area contributed by atoms with Gasteiger partial charge in [-0.2, -0.15) is 13.2 Å². The third kappa shape index (κ3) is 2.54. The molecule has 0 atom stereocenters. The summed E-state index contributed by atoms with van der Waals surface area (Å²) in [7, 11) is 0. The second-order valence-corrected chi connectivity index (χ2v) is 4.05. The molecule has 0 radical (unpaired) electrons. The monoisotopic (exact) mass is 275 g/mol. The normalized spacial score (nSPS) is 12.1. The first-order chi connectivity index (χ1) is 8.41.